The van der Waals surface area contributed by atoms with E-state index in [1.54, 1.807) is 20.8 Å². The number of hydrogen-bond acceptors (Lipinski definition) is 5. The molecule has 0 saturated carbocycles. The Morgan fingerprint density at radius 2 is 1.59 bits per heavy atom. The molecule has 32 heavy (non-hydrogen) atoms. The van der Waals surface area contributed by atoms with Crippen LogP contribution in [-0.4, -0.2) is 48.7 Å². The van der Waals surface area contributed by atoms with Gasteiger partial charge in [0, 0.05) is 12.5 Å². The van der Waals surface area contributed by atoms with Crippen LogP contribution in [0.4, 0.5) is 9.59 Å². The summed E-state index contributed by atoms with van der Waals surface area (Å²) in [4.78, 5) is 24.0. The number of carbonyl (C=O) groups is 2. The molecule has 172 valence electrons. The Bertz CT molecular complexity index is 892. The van der Waals surface area contributed by atoms with E-state index < -0.39 is 23.8 Å². The van der Waals surface area contributed by atoms with Crippen LogP contribution < -0.4 is 10.6 Å². The molecule has 0 saturated heterocycles. The number of rotatable bonds is 8. The van der Waals surface area contributed by atoms with Gasteiger partial charge in [-0.15, -0.1) is 0 Å². The maximum atomic E-state index is 12.4. The topological polar surface area (TPSA) is 96.9 Å². The fourth-order valence-electron chi connectivity index (χ4n) is 3.87. The lowest BCUT2D eigenvalue weighted by Crippen LogP contribution is -2.39. The van der Waals surface area contributed by atoms with Crippen molar-refractivity contribution < 1.29 is 24.2 Å². The zero-order valence-electron chi connectivity index (χ0n) is 18.9. The predicted molar refractivity (Wildman–Crippen MR) is 123 cm³/mol. The van der Waals surface area contributed by atoms with Crippen molar-refractivity contribution in [1.29, 1.82) is 0 Å². The highest BCUT2D eigenvalue weighted by Gasteiger charge is 2.29. The minimum Gasteiger partial charge on any atom is -0.449 e. The van der Waals surface area contributed by atoms with Crippen LogP contribution in [0.3, 0.4) is 0 Å². The van der Waals surface area contributed by atoms with E-state index in [0.29, 0.717) is 19.4 Å². The van der Waals surface area contributed by atoms with E-state index in [0.717, 1.165) is 11.1 Å². The highest BCUT2D eigenvalue weighted by molar-refractivity contribution is 5.79. The third-order valence-electron chi connectivity index (χ3n) is 5.28. The molecule has 2 aromatic rings. The van der Waals surface area contributed by atoms with Crippen LogP contribution >= 0.6 is 0 Å². The number of alkyl carbamates (subject to hydrolysis) is 2. The second kappa shape index (κ2) is 10.5. The Kier molecular flexibility index (Phi) is 7.75. The fourth-order valence-corrected chi connectivity index (χ4v) is 3.87. The van der Waals surface area contributed by atoms with Crippen molar-refractivity contribution in [3.8, 4) is 11.1 Å². The number of aliphatic hydroxyl groups excluding tert-OH is 1. The molecule has 1 atom stereocenters. The zero-order chi connectivity index (χ0) is 23.1. The summed E-state index contributed by atoms with van der Waals surface area (Å²) in [5.74, 6) is -0.0150. The first-order valence-corrected chi connectivity index (χ1v) is 11.0. The van der Waals surface area contributed by atoms with Crippen LogP contribution in [0.15, 0.2) is 48.5 Å². The molecule has 0 aliphatic heterocycles. The molecule has 2 amide bonds. The van der Waals surface area contributed by atoms with E-state index in [2.05, 4.69) is 34.9 Å². The SMILES string of the molecule is CC(C)(C)OC(=O)NCCCC(CO)NC(=O)OCC1c2ccccc2-c2ccccc21. The van der Waals surface area contributed by atoms with Gasteiger partial charge < -0.3 is 25.2 Å². The number of fused-ring (bicyclic) bond motifs is 3. The second-order valence-electron chi connectivity index (χ2n) is 8.92. The smallest absolute Gasteiger partial charge is 0.407 e. The average Bonchev–Trinajstić information content (AvgIpc) is 3.07. The Morgan fingerprint density at radius 1 is 1.00 bits per heavy atom. The minimum atomic E-state index is -0.564. The zero-order valence-corrected chi connectivity index (χ0v) is 18.9. The molecule has 1 aliphatic rings. The van der Waals surface area contributed by atoms with Crippen LogP contribution in [0.2, 0.25) is 0 Å². The molecule has 1 aliphatic carbocycles. The Labute approximate surface area is 189 Å². The van der Waals surface area contributed by atoms with Crippen molar-refractivity contribution in [3.05, 3.63) is 59.7 Å². The molecule has 0 heterocycles. The molecule has 3 N–H and O–H groups in total. The summed E-state index contributed by atoms with van der Waals surface area (Å²) in [6.45, 7) is 5.79. The van der Waals surface area contributed by atoms with Crippen LogP contribution in [0, 0.1) is 0 Å². The van der Waals surface area contributed by atoms with Crippen molar-refractivity contribution in [1.82, 2.24) is 10.6 Å². The Hall–Kier alpha value is -3.06. The van der Waals surface area contributed by atoms with Crippen molar-refractivity contribution in [2.75, 3.05) is 19.8 Å². The van der Waals surface area contributed by atoms with Crippen LogP contribution in [0.1, 0.15) is 50.7 Å². The Balaban J connectivity index is 1.45. The van der Waals surface area contributed by atoms with Gasteiger partial charge in [-0.2, -0.15) is 0 Å². The molecule has 0 aromatic heterocycles. The molecular weight excluding hydrogens is 408 g/mol. The monoisotopic (exact) mass is 440 g/mol. The molecule has 3 rings (SSSR count). The third-order valence-corrected chi connectivity index (χ3v) is 5.28. The number of carbonyl (C=O) groups excluding carboxylic acids is 2. The number of ether oxygens (including phenoxy) is 2. The van der Waals surface area contributed by atoms with Gasteiger partial charge in [0.2, 0.25) is 0 Å². The van der Waals surface area contributed by atoms with Gasteiger partial charge >= 0.3 is 12.2 Å². The van der Waals surface area contributed by atoms with Crippen molar-refractivity contribution in [3.63, 3.8) is 0 Å². The number of benzene rings is 2. The lowest BCUT2D eigenvalue weighted by molar-refractivity contribution is 0.0526. The molecule has 2 aromatic carbocycles. The lowest BCUT2D eigenvalue weighted by atomic mass is 9.98. The van der Waals surface area contributed by atoms with E-state index in [9.17, 15) is 14.7 Å². The Morgan fingerprint density at radius 3 is 2.16 bits per heavy atom. The molecule has 0 radical (unpaired) electrons. The second-order valence-corrected chi connectivity index (χ2v) is 8.92. The van der Waals surface area contributed by atoms with Crippen molar-refractivity contribution in [2.45, 2.75) is 51.2 Å². The summed E-state index contributed by atoms with van der Waals surface area (Å²) in [5.41, 5.74) is 4.08. The van der Waals surface area contributed by atoms with Gasteiger partial charge in [-0.1, -0.05) is 48.5 Å². The van der Waals surface area contributed by atoms with Gasteiger partial charge in [-0.05, 0) is 55.9 Å². The predicted octanol–water partition coefficient (Wildman–Crippen LogP) is 4.19. The van der Waals surface area contributed by atoms with E-state index in [4.69, 9.17) is 9.47 Å². The largest absolute Gasteiger partial charge is 0.449 e. The lowest BCUT2D eigenvalue weighted by Gasteiger charge is -2.20. The molecule has 1 unspecified atom stereocenters. The van der Waals surface area contributed by atoms with Gasteiger partial charge in [0.25, 0.3) is 0 Å². The van der Waals surface area contributed by atoms with Gasteiger partial charge in [-0.3, -0.25) is 0 Å². The highest BCUT2D eigenvalue weighted by atomic mass is 16.6. The highest BCUT2D eigenvalue weighted by Crippen LogP contribution is 2.44. The fraction of sp³-hybridized carbons (Fsp3) is 0.440. The number of nitrogens with one attached hydrogen (secondary N) is 2. The first-order chi connectivity index (χ1) is 15.3. The maximum Gasteiger partial charge on any atom is 0.407 e. The van der Waals surface area contributed by atoms with E-state index in [1.807, 2.05) is 24.3 Å². The summed E-state index contributed by atoms with van der Waals surface area (Å²) in [6.07, 6.45) is 0.0264. The maximum absolute atomic E-state index is 12.4. The van der Waals surface area contributed by atoms with Gasteiger partial charge in [0.15, 0.2) is 0 Å². The first-order valence-electron chi connectivity index (χ1n) is 11.0. The molecule has 0 bridgehead atoms. The van der Waals surface area contributed by atoms with Crippen LogP contribution in [-0.2, 0) is 9.47 Å². The van der Waals surface area contributed by atoms with E-state index >= 15 is 0 Å². The quantitative estimate of drug-likeness (QED) is 0.535. The standard InChI is InChI=1S/C25H32N2O5/c1-25(2,3)32-23(29)26-14-8-9-17(15-28)27-24(30)31-16-22-20-12-6-4-10-18(20)19-11-5-7-13-21(19)22/h4-7,10-13,17,22,28H,8-9,14-16H2,1-3H3,(H,26,29)(H,27,30). The first kappa shape index (κ1) is 23.6. The molecule has 0 fully saturated rings. The molecule has 7 nitrogen and oxygen atoms in total. The number of hydrogen-bond donors (Lipinski definition) is 3. The summed E-state index contributed by atoms with van der Waals surface area (Å²) >= 11 is 0. The normalized spacial score (nSPS) is 13.6. The average molecular weight is 441 g/mol. The molecular formula is C25H32N2O5. The van der Waals surface area contributed by atoms with Crippen LogP contribution in [0.5, 0.6) is 0 Å². The minimum absolute atomic E-state index is 0.0150. The van der Waals surface area contributed by atoms with Crippen molar-refractivity contribution >= 4 is 12.2 Å². The number of aliphatic hydroxyl groups is 1. The van der Waals surface area contributed by atoms with E-state index in [-0.39, 0.29) is 19.1 Å². The summed E-state index contributed by atoms with van der Waals surface area (Å²) in [5, 5.41) is 15.0. The molecule has 7 heteroatoms. The summed E-state index contributed by atoms with van der Waals surface area (Å²) < 4.78 is 10.7. The molecule has 0 spiro atoms. The van der Waals surface area contributed by atoms with Gasteiger partial charge in [0.05, 0.1) is 12.6 Å². The van der Waals surface area contributed by atoms with E-state index in [1.165, 1.54) is 11.1 Å². The summed E-state index contributed by atoms with van der Waals surface area (Å²) in [6, 6.07) is 15.8. The summed E-state index contributed by atoms with van der Waals surface area (Å²) in [7, 11) is 0. The third kappa shape index (κ3) is 6.23. The van der Waals surface area contributed by atoms with Gasteiger partial charge in [0.1, 0.15) is 12.2 Å². The van der Waals surface area contributed by atoms with Gasteiger partial charge in [-0.25, -0.2) is 9.59 Å². The number of amides is 2. The van der Waals surface area contributed by atoms with Crippen molar-refractivity contribution in [2.24, 2.45) is 0 Å². The van der Waals surface area contributed by atoms with Crippen LogP contribution in [0.25, 0.3) is 11.1 Å².